The summed E-state index contributed by atoms with van der Waals surface area (Å²) in [4.78, 5) is 4.78. The Hall–Kier alpha value is -3.05. The van der Waals surface area contributed by atoms with Crippen molar-refractivity contribution in [3.63, 3.8) is 0 Å². The number of benzene rings is 3. The van der Waals surface area contributed by atoms with Crippen molar-refractivity contribution in [1.29, 1.82) is 0 Å². The number of anilines is 1. The van der Waals surface area contributed by atoms with Gasteiger partial charge in [0.25, 0.3) is 0 Å². The topological polar surface area (TPSA) is 35.9 Å². The SMILES string of the molecule is CCCCN(CC)CCOc1ccc(CC2c3ccc(O)cc3CCN2c2ccc(F)cc2)cc1. The summed E-state index contributed by atoms with van der Waals surface area (Å²) in [5, 5.41) is 10.00. The lowest BCUT2D eigenvalue weighted by atomic mass is 9.88. The molecule has 5 heteroatoms. The summed E-state index contributed by atoms with van der Waals surface area (Å²) in [7, 11) is 0. The molecule has 1 N–H and O–H groups in total. The zero-order valence-electron chi connectivity index (χ0n) is 20.9. The molecule has 0 spiro atoms. The lowest BCUT2D eigenvalue weighted by Gasteiger charge is -2.39. The van der Waals surface area contributed by atoms with E-state index in [1.807, 2.05) is 24.3 Å². The molecular weight excluding hydrogens is 439 g/mol. The number of likely N-dealkylation sites (N-methyl/N-ethyl adjacent to an activating group) is 1. The highest BCUT2D eigenvalue weighted by molar-refractivity contribution is 5.53. The van der Waals surface area contributed by atoms with Gasteiger partial charge in [-0.2, -0.15) is 0 Å². The molecule has 4 nitrogen and oxygen atoms in total. The van der Waals surface area contributed by atoms with Gasteiger partial charge in [0.05, 0.1) is 6.04 Å². The number of hydrogen-bond acceptors (Lipinski definition) is 4. The Labute approximate surface area is 209 Å². The average molecular weight is 477 g/mol. The average Bonchev–Trinajstić information content (AvgIpc) is 2.87. The van der Waals surface area contributed by atoms with Crippen molar-refractivity contribution < 1.29 is 14.2 Å². The Morgan fingerprint density at radius 2 is 1.77 bits per heavy atom. The Balaban J connectivity index is 1.46. The lowest BCUT2D eigenvalue weighted by Crippen LogP contribution is -2.36. The number of unbranched alkanes of at least 4 members (excludes halogenated alkanes) is 1. The minimum atomic E-state index is -0.226. The van der Waals surface area contributed by atoms with E-state index in [-0.39, 0.29) is 11.9 Å². The predicted molar refractivity (Wildman–Crippen MR) is 141 cm³/mol. The molecule has 1 heterocycles. The first-order valence-corrected chi connectivity index (χ1v) is 12.9. The molecular formula is C30H37FN2O2. The maximum atomic E-state index is 13.6. The molecule has 0 radical (unpaired) electrons. The fraction of sp³-hybridized carbons (Fsp3) is 0.400. The zero-order valence-corrected chi connectivity index (χ0v) is 20.9. The summed E-state index contributed by atoms with van der Waals surface area (Å²) < 4.78 is 19.6. The van der Waals surface area contributed by atoms with Crippen molar-refractivity contribution in [3.05, 3.63) is 89.2 Å². The summed E-state index contributed by atoms with van der Waals surface area (Å²) in [6.07, 6.45) is 4.10. The van der Waals surface area contributed by atoms with E-state index in [1.54, 1.807) is 6.07 Å². The van der Waals surface area contributed by atoms with Crippen LogP contribution in [0.1, 0.15) is 49.4 Å². The van der Waals surface area contributed by atoms with Gasteiger partial charge in [-0.25, -0.2) is 4.39 Å². The lowest BCUT2D eigenvalue weighted by molar-refractivity contribution is 0.213. The number of nitrogens with zero attached hydrogens (tertiary/aromatic N) is 2. The van der Waals surface area contributed by atoms with E-state index in [0.717, 1.165) is 50.5 Å². The highest BCUT2D eigenvalue weighted by atomic mass is 19.1. The van der Waals surface area contributed by atoms with Gasteiger partial charge in [-0.1, -0.05) is 38.5 Å². The number of ether oxygens (including phenoxy) is 1. The fourth-order valence-electron chi connectivity index (χ4n) is 4.91. The van der Waals surface area contributed by atoms with Crippen molar-refractivity contribution in [1.82, 2.24) is 4.90 Å². The molecule has 0 saturated carbocycles. The molecule has 186 valence electrons. The number of phenolic OH excluding ortho intramolecular Hbond substituents is 1. The van der Waals surface area contributed by atoms with Crippen LogP contribution < -0.4 is 9.64 Å². The monoisotopic (exact) mass is 476 g/mol. The van der Waals surface area contributed by atoms with Crippen LogP contribution in [0.2, 0.25) is 0 Å². The Morgan fingerprint density at radius 3 is 2.49 bits per heavy atom. The van der Waals surface area contributed by atoms with Gasteiger partial charge in [0.1, 0.15) is 23.9 Å². The van der Waals surface area contributed by atoms with E-state index in [0.29, 0.717) is 12.4 Å². The summed E-state index contributed by atoms with van der Waals surface area (Å²) in [6, 6.07) is 20.9. The van der Waals surface area contributed by atoms with Crippen LogP contribution in [-0.4, -0.2) is 42.8 Å². The van der Waals surface area contributed by atoms with Gasteiger partial charge in [0, 0.05) is 18.8 Å². The predicted octanol–water partition coefficient (Wildman–Crippen LogP) is 6.38. The standard InChI is InChI=1S/C30H37FN2O2/c1-3-5-17-32(4-2)19-20-35-28-13-6-23(7-14-28)21-30-29-15-12-27(34)22-24(29)16-18-33(30)26-10-8-25(31)9-11-26/h6-15,22,30,34H,3-5,16-21H2,1-2H3. The van der Waals surface area contributed by atoms with Gasteiger partial charge in [0.2, 0.25) is 0 Å². The zero-order chi connectivity index (χ0) is 24.6. The van der Waals surface area contributed by atoms with E-state index in [4.69, 9.17) is 4.74 Å². The molecule has 0 saturated heterocycles. The van der Waals surface area contributed by atoms with Gasteiger partial charge in [-0.15, -0.1) is 0 Å². The number of phenols is 1. The van der Waals surface area contributed by atoms with Gasteiger partial charge in [-0.3, -0.25) is 0 Å². The van der Waals surface area contributed by atoms with Gasteiger partial charge >= 0.3 is 0 Å². The highest BCUT2D eigenvalue weighted by Gasteiger charge is 2.28. The highest BCUT2D eigenvalue weighted by Crippen LogP contribution is 2.37. The second-order valence-electron chi connectivity index (χ2n) is 9.30. The quantitative estimate of drug-likeness (QED) is 0.348. The summed E-state index contributed by atoms with van der Waals surface area (Å²) in [6.45, 7) is 9.05. The number of aromatic hydroxyl groups is 1. The van der Waals surface area contributed by atoms with E-state index >= 15 is 0 Å². The molecule has 0 aliphatic carbocycles. The number of fused-ring (bicyclic) bond motifs is 1. The summed E-state index contributed by atoms with van der Waals surface area (Å²) in [5.74, 6) is 0.968. The van der Waals surface area contributed by atoms with Gasteiger partial charge < -0.3 is 19.6 Å². The molecule has 3 aromatic rings. The largest absolute Gasteiger partial charge is 0.508 e. The molecule has 1 unspecified atom stereocenters. The van der Waals surface area contributed by atoms with Crippen molar-refractivity contribution in [2.75, 3.05) is 37.7 Å². The van der Waals surface area contributed by atoms with Crippen molar-refractivity contribution in [2.45, 2.75) is 45.6 Å². The van der Waals surface area contributed by atoms with E-state index in [2.05, 4.69) is 47.9 Å². The van der Waals surface area contributed by atoms with Crippen molar-refractivity contribution >= 4 is 5.69 Å². The molecule has 1 atom stereocenters. The van der Waals surface area contributed by atoms with Crippen LogP contribution in [0, 0.1) is 5.82 Å². The van der Waals surface area contributed by atoms with Gasteiger partial charge in [-0.05, 0) is 97.6 Å². The third kappa shape index (κ3) is 6.55. The smallest absolute Gasteiger partial charge is 0.123 e. The molecule has 35 heavy (non-hydrogen) atoms. The first kappa shape index (κ1) is 25.1. The maximum absolute atomic E-state index is 13.6. The minimum Gasteiger partial charge on any atom is -0.508 e. The molecule has 0 bridgehead atoms. The van der Waals surface area contributed by atoms with Crippen LogP contribution in [0.4, 0.5) is 10.1 Å². The Morgan fingerprint density at radius 1 is 1.00 bits per heavy atom. The number of halogens is 1. The number of hydrogen-bond donors (Lipinski definition) is 1. The third-order valence-corrected chi connectivity index (χ3v) is 6.95. The maximum Gasteiger partial charge on any atom is 0.123 e. The molecule has 0 aromatic heterocycles. The number of rotatable bonds is 11. The van der Waals surface area contributed by atoms with Crippen LogP contribution in [0.15, 0.2) is 66.7 Å². The first-order chi connectivity index (χ1) is 17.1. The fourth-order valence-corrected chi connectivity index (χ4v) is 4.91. The molecule has 0 amide bonds. The van der Waals surface area contributed by atoms with E-state index < -0.39 is 0 Å². The first-order valence-electron chi connectivity index (χ1n) is 12.9. The molecule has 1 aliphatic heterocycles. The van der Waals surface area contributed by atoms with Gasteiger partial charge in [0.15, 0.2) is 0 Å². The third-order valence-electron chi connectivity index (χ3n) is 6.95. The Kier molecular flexibility index (Phi) is 8.64. The summed E-state index contributed by atoms with van der Waals surface area (Å²) >= 11 is 0. The van der Waals surface area contributed by atoms with Crippen molar-refractivity contribution in [3.8, 4) is 11.5 Å². The van der Waals surface area contributed by atoms with E-state index in [1.165, 1.54) is 41.7 Å². The normalized spacial score (nSPS) is 15.3. The Bertz CT molecular complexity index is 1070. The molecule has 4 rings (SSSR count). The van der Waals surface area contributed by atoms with Crippen LogP contribution >= 0.6 is 0 Å². The van der Waals surface area contributed by atoms with Crippen LogP contribution in [0.25, 0.3) is 0 Å². The van der Waals surface area contributed by atoms with Crippen molar-refractivity contribution in [2.24, 2.45) is 0 Å². The van der Waals surface area contributed by atoms with Crippen LogP contribution in [0.5, 0.6) is 11.5 Å². The molecule has 0 fully saturated rings. The second-order valence-corrected chi connectivity index (χ2v) is 9.30. The minimum absolute atomic E-state index is 0.105. The van der Waals surface area contributed by atoms with Crippen LogP contribution in [-0.2, 0) is 12.8 Å². The summed E-state index contributed by atoms with van der Waals surface area (Å²) in [5.41, 5.74) is 4.62. The second kappa shape index (κ2) is 12.1. The molecule has 3 aromatic carbocycles. The van der Waals surface area contributed by atoms with Crippen LogP contribution in [0.3, 0.4) is 0 Å². The molecule has 1 aliphatic rings. The van der Waals surface area contributed by atoms with E-state index in [9.17, 15) is 9.50 Å².